The molecule has 0 unspecified atom stereocenters. The largest absolute Gasteiger partial charge is 0.481 e. The van der Waals surface area contributed by atoms with Crippen molar-refractivity contribution in [2.24, 2.45) is 0 Å². The lowest BCUT2D eigenvalue weighted by Crippen LogP contribution is -2.44. The maximum absolute atomic E-state index is 13.0. The summed E-state index contributed by atoms with van der Waals surface area (Å²) in [5.74, 6) is -0.860. The molecule has 0 saturated carbocycles. The highest BCUT2D eigenvalue weighted by atomic mass is 16.4. The van der Waals surface area contributed by atoms with Gasteiger partial charge in [0.25, 0.3) is 5.91 Å². The Hall–Kier alpha value is -2.63. The number of amides is 1. The molecule has 3 rings (SSSR count). The lowest BCUT2D eigenvalue weighted by molar-refractivity contribution is -0.137. The average molecular weight is 341 g/mol. The second-order valence-electron chi connectivity index (χ2n) is 6.47. The van der Waals surface area contributed by atoms with Gasteiger partial charge < -0.3 is 10.0 Å². The molecular weight excluding hydrogens is 318 g/mol. The molecule has 25 heavy (non-hydrogen) atoms. The normalized spacial score (nSPS) is 17.5. The van der Waals surface area contributed by atoms with E-state index < -0.39 is 5.97 Å². The van der Waals surface area contributed by atoms with Crippen LogP contribution in [-0.4, -0.2) is 44.3 Å². The van der Waals surface area contributed by atoms with Gasteiger partial charge in [0.15, 0.2) is 0 Å². The van der Waals surface area contributed by atoms with Crippen LogP contribution in [0.3, 0.4) is 0 Å². The molecule has 2 aromatic rings. The van der Waals surface area contributed by atoms with Crippen LogP contribution in [-0.2, 0) is 4.79 Å². The molecule has 1 fully saturated rings. The van der Waals surface area contributed by atoms with Crippen molar-refractivity contribution < 1.29 is 14.7 Å². The summed E-state index contributed by atoms with van der Waals surface area (Å²) in [4.78, 5) is 25.8. The van der Waals surface area contributed by atoms with Gasteiger partial charge in [-0.25, -0.2) is 4.68 Å². The number of aromatic nitrogens is 2. The van der Waals surface area contributed by atoms with Crippen LogP contribution in [0.5, 0.6) is 0 Å². The smallest absolute Gasteiger partial charge is 0.303 e. The van der Waals surface area contributed by atoms with E-state index in [1.165, 1.54) is 0 Å². The van der Waals surface area contributed by atoms with Crippen molar-refractivity contribution in [3.63, 3.8) is 0 Å². The Morgan fingerprint density at radius 3 is 2.72 bits per heavy atom. The molecule has 1 aromatic carbocycles. The van der Waals surface area contributed by atoms with E-state index in [1.807, 2.05) is 42.2 Å². The molecule has 1 N–H and O–H groups in total. The highest BCUT2D eigenvalue weighted by Gasteiger charge is 2.29. The molecule has 6 nitrogen and oxygen atoms in total. The first-order valence-electron chi connectivity index (χ1n) is 8.70. The SMILES string of the molecule is Cc1c(C(=O)N2CCCC[C@H]2CCC(=O)O)cnn1-c1ccccc1. The van der Waals surface area contributed by atoms with Crippen LogP contribution in [0, 0.1) is 6.92 Å². The standard InChI is InChI=1S/C19H23N3O3/c1-14-17(13-20-22(14)16-8-3-2-4-9-16)19(25)21-12-6-5-7-15(21)10-11-18(23)24/h2-4,8-9,13,15H,5-7,10-12H2,1H3,(H,23,24)/t15-/m0/s1. The summed E-state index contributed by atoms with van der Waals surface area (Å²) < 4.78 is 1.77. The molecule has 1 saturated heterocycles. The van der Waals surface area contributed by atoms with Gasteiger partial charge in [0.05, 0.1) is 23.1 Å². The molecule has 1 amide bonds. The van der Waals surface area contributed by atoms with Crippen molar-refractivity contribution >= 4 is 11.9 Å². The first-order valence-corrected chi connectivity index (χ1v) is 8.70. The minimum absolute atomic E-state index is 0.00294. The third-order valence-corrected chi connectivity index (χ3v) is 4.82. The average Bonchev–Trinajstić information content (AvgIpc) is 3.02. The highest BCUT2D eigenvalue weighted by Crippen LogP contribution is 2.24. The van der Waals surface area contributed by atoms with Crippen LogP contribution in [0.15, 0.2) is 36.5 Å². The van der Waals surface area contributed by atoms with Gasteiger partial charge in [-0.3, -0.25) is 9.59 Å². The Morgan fingerprint density at radius 1 is 1.24 bits per heavy atom. The molecule has 132 valence electrons. The lowest BCUT2D eigenvalue weighted by atomic mass is 9.97. The molecule has 0 radical (unpaired) electrons. The fourth-order valence-corrected chi connectivity index (χ4v) is 3.46. The van der Waals surface area contributed by atoms with Gasteiger partial charge in [-0.2, -0.15) is 5.10 Å². The molecule has 1 aliphatic rings. The van der Waals surface area contributed by atoms with E-state index in [4.69, 9.17) is 5.11 Å². The summed E-state index contributed by atoms with van der Waals surface area (Å²) in [7, 11) is 0. The molecule has 0 aliphatic carbocycles. The third-order valence-electron chi connectivity index (χ3n) is 4.82. The van der Waals surface area contributed by atoms with E-state index in [0.29, 0.717) is 18.5 Å². The predicted octanol–water partition coefficient (Wildman–Crippen LogP) is 3.04. The number of nitrogens with zero attached hydrogens (tertiary/aromatic N) is 3. The zero-order chi connectivity index (χ0) is 17.8. The number of hydrogen-bond acceptors (Lipinski definition) is 3. The highest BCUT2D eigenvalue weighted by molar-refractivity contribution is 5.95. The topological polar surface area (TPSA) is 75.4 Å². The number of aliphatic carboxylic acids is 1. The van der Waals surface area contributed by atoms with E-state index in [2.05, 4.69) is 5.10 Å². The number of carboxylic acid groups (broad SMARTS) is 1. The van der Waals surface area contributed by atoms with Crippen molar-refractivity contribution in [3.8, 4) is 5.69 Å². The van der Waals surface area contributed by atoms with Crippen molar-refractivity contribution in [1.29, 1.82) is 0 Å². The second kappa shape index (κ2) is 7.51. The summed E-state index contributed by atoms with van der Waals surface area (Å²) in [6, 6.07) is 9.71. The maximum atomic E-state index is 13.0. The molecule has 1 aliphatic heterocycles. The van der Waals surface area contributed by atoms with E-state index >= 15 is 0 Å². The Balaban J connectivity index is 1.82. The van der Waals surface area contributed by atoms with Crippen molar-refractivity contribution in [2.45, 2.75) is 45.1 Å². The van der Waals surface area contributed by atoms with Crippen LogP contribution in [0.4, 0.5) is 0 Å². The van der Waals surface area contributed by atoms with Gasteiger partial charge in [-0.15, -0.1) is 0 Å². The Labute approximate surface area is 147 Å². The number of rotatable bonds is 5. The van der Waals surface area contributed by atoms with Crippen molar-refractivity contribution in [3.05, 3.63) is 47.8 Å². The predicted molar refractivity (Wildman–Crippen MR) is 93.8 cm³/mol. The van der Waals surface area contributed by atoms with Gasteiger partial charge in [0.1, 0.15) is 0 Å². The third kappa shape index (κ3) is 3.73. The Kier molecular flexibility index (Phi) is 5.16. The molecule has 1 atom stereocenters. The molecule has 2 heterocycles. The number of benzene rings is 1. The van der Waals surface area contributed by atoms with Gasteiger partial charge in [-0.05, 0) is 44.7 Å². The maximum Gasteiger partial charge on any atom is 0.303 e. The lowest BCUT2D eigenvalue weighted by Gasteiger charge is -2.35. The molecular formula is C19H23N3O3. The zero-order valence-corrected chi connectivity index (χ0v) is 14.4. The van der Waals surface area contributed by atoms with Crippen LogP contribution in [0.1, 0.15) is 48.2 Å². The summed E-state index contributed by atoms with van der Waals surface area (Å²) >= 11 is 0. The quantitative estimate of drug-likeness (QED) is 0.907. The Morgan fingerprint density at radius 2 is 2.00 bits per heavy atom. The number of likely N-dealkylation sites (tertiary alicyclic amines) is 1. The van der Waals surface area contributed by atoms with Crippen LogP contribution in [0.25, 0.3) is 5.69 Å². The number of carboxylic acids is 1. The van der Waals surface area contributed by atoms with Gasteiger partial charge in [-0.1, -0.05) is 18.2 Å². The number of carbonyl (C=O) groups excluding carboxylic acids is 1. The summed E-state index contributed by atoms with van der Waals surface area (Å²) in [5.41, 5.74) is 2.31. The summed E-state index contributed by atoms with van der Waals surface area (Å²) in [6.45, 7) is 2.57. The van der Waals surface area contributed by atoms with Gasteiger partial charge in [0.2, 0.25) is 0 Å². The number of piperidine rings is 1. The van der Waals surface area contributed by atoms with Crippen LogP contribution >= 0.6 is 0 Å². The second-order valence-corrected chi connectivity index (χ2v) is 6.47. The van der Waals surface area contributed by atoms with E-state index in [1.54, 1.807) is 10.9 Å². The number of carbonyl (C=O) groups is 2. The summed E-state index contributed by atoms with van der Waals surface area (Å²) in [5, 5.41) is 13.3. The molecule has 0 spiro atoms. The van der Waals surface area contributed by atoms with Crippen molar-refractivity contribution in [2.75, 3.05) is 6.54 Å². The van der Waals surface area contributed by atoms with Crippen molar-refractivity contribution in [1.82, 2.24) is 14.7 Å². The van der Waals surface area contributed by atoms with Gasteiger partial charge in [0, 0.05) is 19.0 Å². The fourth-order valence-electron chi connectivity index (χ4n) is 3.46. The van der Waals surface area contributed by atoms with Crippen LogP contribution in [0.2, 0.25) is 0 Å². The fraction of sp³-hybridized carbons (Fsp3) is 0.421. The first kappa shape index (κ1) is 17.2. The molecule has 6 heteroatoms. The monoisotopic (exact) mass is 341 g/mol. The molecule has 0 bridgehead atoms. The minimum atomic E-state index is -0.814. The molecule has 1 aromatic heterocycles. The summed E-state index contributed by atoms with van der Waals surface area (Å²) in [6.07, 6.45) is 5.08. The number of hydrogen-bond donors (Lipinski definition) is 1. The van der Waals surface area contributed by atoms with E-state index in [-0.39, 0.29) is 18.4 Å². The van der Waals surface area contributed by atoms with Crippen LogP contribution < -0.4 is 0 Å². The zero-order valence-electron chi connectivity index (χ0n) is 14.4. The van der Waals surface area contributed by atoms with E-state index in [9.17, 15) is 9.59 Å². The van der Waals surface area contributed by atoms with Gasteiger partial charge >= 0.3 is 5.97 Å². The Bertz CT molecular complexity index is 755. The minimum Gasteiger partial charge on any atom is -0.481 e. The van der Waals surface area contributed by atoms with E-state index in [0.717, 1.165) is 30.6 Å². The first-order chi connectivity index (χ1) is 12.1. The number of para-hydroxylation sites is 1.